The predicted octanol–water partition coefficient (Wildman–Crippen LogP) is 0.572. The Hall–Kier alpha value is 0.0249. The first-order valence-corrected chi connectivity index (χ1v) is 3.71. The van der Waals surface area contributed by atoms with Gasteiger partial charge in [-0.2, -0.15) is 0 Å². The minimum atomic E-state index is 1.25. The Kier molecular flexibility index (Phi) is 3.04. The van der Waals surface area contributed by atoms with Crippen LogP contribution in [0.5, 0.6) is 0 Å². The van der Waals surface area contributed by atoms with Gasteiger partial charge in [-0.15, -0.1) is 0 Å². The average molecular weight is 111 g/mol. The third-order valence-corrected chi connectivity index (χ3v) is 1.71. The Morgan fingerprint density at radius 1 is 1.12 bits per heavy atom. The summed E-state index contributed by atoms with van der Waals surface area (Å²) < 4.78 is 0. The van der Waals surface area contributed by atoms with Crippen LogP contribution in [0.25, 0.3) is 0 Å². The molecule has 1 aliphatic rings. The number of nitrogens with one attached hydrogen (secondary N) is 1. The van der Waals surface area contributed by atoms with Gasteiger partial charge < -0.3 is 5.32 Å². The largest absolute Gasteiger partial charge is 0.324 e. The molecule has 0 bridgehead atoms. The van der Waals surface area contributed by atoms with Crippen LogP contribution in [0, 0.1) is 0 Å². The van der Waals surface area contributed by atoms with E-state index in [1.54, 1.807) is 0 Å². The Morgan fingerprint density at radius 3 is 3.12 bits per heavy atom. The normalized spacial score (nSPS) is 23.0. The van der Waals surface area contributed by atoms with Crippen LogP contribution in [0.2, 0.25) is 6.32 Å². The lowest BCUT2D eigenvalue weighted by molar-refractivity contribution is 0.639. The van der Waals surface area contributed by atoms with Gasteiger partial charge in [0, 0.05) is 0 Å². The first kappa shape index (κ1) is 6.15. The molecular weight excluding hydrogens is 96.9 g/mol. The Balaban J connectivity index is 2.00. The maximum atomic E-state index is 3.39. The van der Waals surface area contributed by atoms with E-state index < -0.39 is 0 Å². The first-order chi connectivity index (χ1) is 4.00. The van der Waals surface area contributed by atoms with Gasteiger partial charge in [-0.05, 0) is 19.4 Å². The van der Waals surface area contributed by atoms with E-state index in [0.29, 0.717) is 0 Å². The third kappa shape index (κ3) is 2.36. The van der Waals surface area contributed by atoms with Crippen molar-refractivity contribution in [3.05, 3.63) is 0 Å². The first-order valence-electron chi connectivity index (χ1n) is 3.71. The van der Waals surface area contributed by atoms with Crippen LogP contribution in [0.3, 0.4) is 0 Å². The highest BCUT2D eigenvalue weighted by Crippen LogP contribution is 2.00. The smallest absolute Gasteiger partial charge is 0.137 e. The van der Waals surface area contributed by atoms with E-state index in [2.05, 4.69) is 5.32 Å². The van der Waals surface area contributed by atoms with Gasteiger partial charge in [0.15, 0.2) is 0 Å². The molecule has 0 saturated carbocycles. The highest BCUT2D eigenvalue weighted by Gasteiger charge is 1.96. The van der Waals surface area contributed by atoms with Crippen molar-refractivity contribution in [3.63, 3.8) is 0 Å². The van der Waals surface area contributed by atoms with Crippen molar-refractivity contribution in [2.75, 3.05) is 13.0 Å². The molecule has 1 heterocycles. The third-order valence-electron chi connectivity index (χ3n) is 1.71. The lowest BCUT2D eigenvalue weighted by Gasteiger charge is -2.06. The molecule has 0 amide bonds. The van der Waals surface area contributed by atoms with Crippen LogP contribution in [0.1, 0.15) is 19.3 Å². The molecular formula is C6H14BN. The van der Waals surface area contributed by atoms with Crippen LogP contribution in [-0.2, 0) is 0 Å². The Labute approximate surface area is 52.1 Å². The molecule has 0 radical (unpaired) electrons. The molecule has 0 aromatic carbocycles. The summed E-state index contributed by atoms with van der Waals surface area (Å²) in [5.74, 6) is 0. The van der Waals surface area contributed by atoms with E-state index in [1.807, 2.05) is 0 Å². The van der Waals surface area contributed by atoms with Crippen LogP contribution >= 0.6 is 0 Å². The SMILES string of the molecule is B1CCCCCNC1. The highest BCUT2D eigenvalue weighted by molar-refractivity contribution is 6.35. The standard InChI is InChI=1S/C6H14BN/c1-2-4-7-6-8-5-3-1/h7-8H,1-6H2. The quantitative estimate of drug-likeness (QED) is 0.450. The number of hydrogen-bond donors (Lipinski definition) is 1. The predicted molar refractivity (Wildman–Crippen MR) is 38.7 cm³/mol. The van der Waals surface area contributed by atoms with Crippen LogP contribution in [0.4, 0.5) is 0 Å². The summed E-state index contributed by atoms with van der Waals surface area (Å²) in [4.78, 5) is 0. The van der Waals surface area contributed by atoms with E-state index >= 15 is 0 Å². The summed E-state index contributed by atoms with van der Waals surface area (Å²) in [5.41, 5.74) is 0. The van der Waals surface area contributed by atoms with Gasteiger partial charge >= 0.3 is 0 Å². The van der Waals surface area contributed by atoms with Gasteiger partial charge in [0.2, 0.25) is 0 Å². The van der Waals surface area contributed by atoms with E-state index in [9.17, 15) is 0 Å². The molecule has 0 unspecified atom stereocenters. The van der Waals surface area contributed by atoms with Crippen molar-refractivity contribution in [1.82, 2.24) is 5.32 Å². The second kappa shape index (κ2) is 3.96. The van der Waals surface area contributed by atoms with Crippen molar-refractivity contribution in [2.45, 2.75) is 25.6 Å². The lowest BCUT2D eigenvalue weighted by Crippen LogP contribution is -2.23. The monoisotopic (exact) mass is 111 g/mol. The summed E-state index contributed by atoms with van der Waals surface area (Å²) in [6, 6.07) is 0. The molecule has 1 nitrogen and oxygen atoms in total. The van der Waals surface area contributed by atoms with Crippen molar-refractivity contribution < 1.29 is 0 Å². The zero-order valence-electron chi connectivity index (χ0n) is 5.45. The Bertz CT molecular complexity index is 32.5. The number of hydrogen-bond acceptors (Lipinski definition) is 1. The molecule has 1 N–H and O–H groups in total. The van der Waals surface area contributed by atoms with E-state index in [4.69, 9.17) is 0 Å². The molecule has 0 aromatic heterocycles. The molecule has 0 atom stereocenters. The summed E-state index contributed by atoms with van der Waals surface area (Å²) in [7, 11) is 1.39. The molecule has 1 rings (SSSR count). The molecule has 0 aromatic rings. The van der Waals surface area contributed by atoms with Crippen molar-refractivity contribution in [1.29, 1.82) is 0 Å². The lowest BCUT2D eigenvalue weighted by atomic mass is 9.72. The maximum absolute atomic E-state index is 3.39. The van der Waals surface area contributed by atoms with Gasteiger partial charge in [0.25, 0.3) is 0 Å². The molecule has 8 heavy (non-hydrogen) atoms. The molecule has 1 fully saturated rings. The minimum absolute atomic E-state index is 1.25. The fourth-order valence-electron chi connectivity index (χ4n) is 1.16. The van der Waals surface area contributed by atoms with Crippen molar-refractivity contribution in [2.24, 2.45) is 0 Å². The van der Waals surface area contributed by atoms with Crippen molar-refractivity contribution >= 4 is 7.28 Å². The van der Waals surface area contributed by atoms with E-state index in [0.717, 1.165) is 0 Å². The van der Waals surface area contributed by atoms with Gasteiger partial charge in [0.1, 0.15) is 7.28 Å². The average Bonchev–Trinajstić information content (AvgIpc) is 1.62. The molecule has 2 heteroatoms. The summed E-state index contributed by atoms with van der Waals surface area (Å²) in [6.45, 7) is 1.25. The molecule has 0 aliphatic carbocycles. The summed E-state index contributed by atoms with van der Waals surface area (Å²) in [6.07, 6.45) is 6.97. The van der Waals surface area contributed by atoms with Crippen LogP contribution in [0.15, 0.2) is 0 Å². The van der Waals surface area contributed by atoms with Gasteiger partial charge in [0.05, 0.1) is 0 Å². The van der Waals surface area contributed by atoms with E-state index in [1.165, 1.54) is 45.9 Å². The highest BCUT2D eigenvalue weighted by atomic mass is 14.8. The maximum Gasteiger partial charge on any atom is 0.137 e. The fraction of sp³-hybridized carbons (Fsp3) is 1.00. The fourth-order valence-corrected chi connectivity index (χ4v) is 1.16. The van der Waals surface area contributed by atoms with Gasteiger partial charge in [-0.1, -0.05) is 19.2 Å². The molecule has 1 saturated heterocycles. The van der Waals surface area contributed by atoms with Gasteiger partial charge in [-0.25, -0.2) is 0 Å². The van der Waals surface area contributed by atoms with E-state index in [-0.39, 0.29) is 0 Å². The summed E-state index contributed by atoms with van der Waals surface area (Å²) >= 11 is 0. The minimum Gasteiger partial charge on any atom is -0.324 e. The Morgan fingerprint density at radius 2 is 2.12 bits per heavy atom. The molecule has 1 aliphatic heterocycles. The zero-order valence-corrected chi connectivity index (χ0v) is 5.45. The van der Waals surface area contributed by atoms with Crippen LogP contribution in [-0.4, -0.2) is 20.3 Å². The summed E-state index contributed by atoms with van der Waals surface area (Å²) in [5, 5.41) is 3.39. The number of rotatable bonds is 0. The van der Waals surface area contributed by atoms with Crippen molar-refractivity contribution in [3.8, 4) is 0 Å². The second-order valence-electron chi connectivity index (χ2n) is 2.52. The zero-order chi connectivity index (χ0) is 5.66. The topological polar surface area (TPSA) is 12.0 Å². The van der Waals surface area contributed by atoms with Crippen LogP contribution < -0.4 is 5.32 Å². The molecule has 0 spiro atoms. The second-order valence-corrected chi connectivity index (χ2v) is 2.52. The molecule has 46 valence electrons. The van der Waals surface area contributed by atoms with Gasteiger partial charge in [-0.3, -0.25) is 0 Å².